The van der Waals surface area contributed by atoms with Crippen LogP contribution in [0.25, 0.3) is 55.2 Å². The molecule has 0 bridgehead atoms. The van der Waals surface area contributed by atoms with E-state index in [1.807, 2.05) is 36.4 Å². The van der Waals surface area contributed by atoms with Gasteiger partial charge in [0, 0.05) is 40.0 Å². The van der Waals surface area contributed by atoms with Crippen LogP contribution in [0, 0.1) is 5.13 Å². The van der Waals surface area contributed by atoms with Gasteiger partial charge < -0.3 is 4.98 Å². The molecule has 144 valence electrons. The first kappa shape index (κ1) is 17.0. The summed E-state index contributed by atoms with van der Waals surface area (Å²) in [5.41, 5.74) is 6.50. The second-order valence-corrected chi connectivity index (χ2v) is 7.85. The molecule has 0 radical (unpaired) electrons. The molecule has 0 spiro atoms. The highest BCUT2D eigenvalue weighted by molar-refractivity contribution is 7.14. The van der Waals surface area contributed by atoms with Gasteiger partial charge in [-0.15, -0.1) is 11.3 Å². The molecular formula is C22H13FN6S. The predicted molar refractivity (Wildman–Crippen MR) is 115 cm³/mol. The van der Waals surface area contributed by atoms with E-state index < -0.39 is 0 Å². The molecule has 8 heteroatoms. The fourth-order valence-corrected chi connectivity index (χ4v) is 4.36. The molecule has 6 aromatic heterocycles. The summed E-state index contributed by atoms with van der Waals surface area (Å²) in [5.74, 6) is 0. The molecule has 6 heterocycles. The van der Waals surface area contributed by atoms with Crippen LogP contribution >= 0.6 is 11.3 Å². The number of aromatic amines is 2. The first-order valence-corrected chi connectivity index (χ1v) is 10.1. The highest BCUT2D eigenvalue weighted by Gasteiger charge is 2.16. The summed E-state index contributed by atoms with van der Waals surface area (Å²) in [4.78, 5) is 17.6. The lowest BCUT2D eigenvalue weighted by atomic mass is 10.1. The Bertz CT molecular complexity index is 1520. The number of halogens is 1. The topological polar surface area (TPSA) is 83.1 Å². The number of fused-ring (bicyclic) bond motifs is 2. The molecule has 6 nitrogen and oxygen atoms in total. The van der Waals surface area contributed by atoms with Gasteiger partial charge in [-0.3, -0.25) is 10.1 Å². The lowest BCUT2D eigenvalue weighted by molar-refractivity contribution is 0.657. The molecule has 2 N–H and O–H groups in total. The van der Waals surface area contributed by atoms with E-state index in [1.54, 1.807) is 24.7 Å². The molecule has 0 aliphatic rings. The fourth-order valence-electron chi connectivity index (χ4n) is 3.59. The summed E-state index contributed by atoms with van der Waals surface area (Å²) >= 11 is 1.12. The minimum absolute atomic E-state index is 0.212. The SMILES string of the molecule is Fc1ccc(-c2ccnc3[nH]c(-c4n[nH]c5ccc(-c6cccnc6)nc45)cc23)s1. The second-order valence-electron chi connectivity index (χ2n) is 6.81. The van der Waals surface area contributed by atoms with Crippen molar-refractivity contribution in [2.75, 3.05) is 0 Å². The fraction of sp³-hybridized carbons (Fsp3) is 0. The molecule has 6 rings (SSSR count). The van der Waals surface area contributed by atoms with Crippen molar-refractivity contribution in [2.45, 2.75) is 0 Å². The van der Waals surface area contributed by atoms with E-state index in [0.717, 1.165) is 60.8 Å². The Morgan fingerprint density at radius 1 is 1.00 bits per heavy atom. The average molecular weight is 412 g/mol. The molecule has 0 unspecified atom stereocenters. The summed E-state index contributed by atoms with van der Waals surface area (Å²) in [7, 11) is 0. The van der Waals surface area contributed by atoms with Crippen molar-refractivity contribution in [3.8, 4) is 33.1 Å². The molecule has 0 aliphatic carbocycles. The third kappa shape index (κ3) is 2.69. The molecule has 30 heavy (non-hydrogen) atoms. The Hall–Kier alpha value is -3.91. The molecule has 0 saturated heterocycles. The first-order valence-electron chi connectivity index (χ1n) is 9.25. The normalized spacial score (nSPS) is 11.5. The molecule has 0 amide bonds. The van der Waals surface area contributed by atoms with Crippen LogP contribution in [0.4, 0.5) is 4.39 Å². The third-order valence-electron chi connectivity index (χ3n) is 4.99. The number of rotatable bonds is 3. The van der Waals surface area contributed by atoms with Gasteiger partial charge in [-0.05, 0) is 48.5 Å². The Balaban J connectivity index is 1.52. The minimum atomic E-state index is -0.212. The van der Waals surface area contributed by atoms with E-state index in [1.165, 1.54) is 6.07 Å². The van der Waals surface area contributed by atoms with E-state index in [9.17, 15) is 4.39 Å². The van der Waals surface area contributed by atoms with Crippen LogP contribution in [0.2, 0.25) is 0 Å². The Labute approximate surface area is 173 Å². The summed E-state index contributed by atoms with van der Waals surface area (Å²) < 4.78 is 13.6. The molecule has 0 saturated carbocycles. The Morgan fingerprint density at radius 2 is 1.97 bits per heavy atom. The van der Waals surface area contributed by atoms with Crippen molar-refractivity contribution in [3.63, 3.8) is 0 Å². The largest absolute Gasteiger partial charge is 0.338 e. The first-order chi connectivity index (χ1) is 14.8. The van der Waals surface area contributed by atoms with Gasteiger partial charge in [0.25, 0.3) is 0 Å². The average Bonchev–Trinajstić information content (AvgIpc) is 3.51. The van der Waals surface area contributed by atoms with Crippen LogP contribution in [0.15, 0.2) is 67.1 Å². The summed E-state index contributed by atoms with van der Waals surface area (Å²) in [5, 5.41) is 8.22. The standard InChI is InChI=1S/C22H13FN6S/c23-19-6-5-18(30-19)13-7-9-25-22-14(13)10-17(27-22)21-20-16(28-29-21)4-3-15(26-20)12-2-1-8-24-11-12/h1-11H,(H,25,27)(H,28,29). The predicted octanol–water partition coefficient (Wildman–Crippen LogP) is 5.43. The van der Waals surface area contributed by atoms with Gasteiger partial charge in [0.2, 0.25) is 0 Å². The minimum Gasteiger partial charge on any atom is -0.338 e. The van der Waals surface area contributed by atoms with Crippen LogP contribution in [-0.2, 0) is 0 Å². The van der Waals surface area contributed by atoms with Crippen molar-refractivity contribution in [1.29, 1.82) is 0 Å². The van der Waals surface area contributed by atoms with E-state index in [-0.39, 0.29) is 5.13 Å². The van der Waals surface area contributed by atoms with E-state index in [0.29, 0.717) is 5.69 Å². The van der Waals surface area contributed by atoms with Crippen LogP contribution in [0.1, 0.15) is 0 Å². The lowest BCUT2D eigenvalue weighted by Crippen LogP contribution is -1.86. The molecular weight excluding hydrogens is 399 g/mol. The van der Waals surface area contributed by atoms with Crippen LogP contribution in [0.5, 0.6) is 0 Å². The van der Waals surface area contributed by atoms with Gasteiger partial charge in [-0.1, -0.05) is 0 Å². The van der Waals surface area contributed by atoms with Crippen molar-refractivity contribution in [3.05, 3.63) is 72.3 Å². The number of nitrogens with zero attached hydrogens (tertiary/aromatic N) is 4. The zero-order valence-electron chi connectivity index (χ0n) is 15.4. The maximum Gasteiger partial charge on any atom is 0.176 e. The Morgan fingerprint density at radius 3 is 2.80 bits per heavy atom. The van der Waals surface area contributed by atoms with Gasteiger partial charge in [-0.25, -0.2) is 9.97 Å². The summed E-state index contributed by atoms with van der Waals surface area (Å²) in [6.07, 6.45) is 5.24. The van der Waals surface area contributed by atoms with E-state index >= 15 is 0 Å². The van der Waals surface area contributed by atoms with Crippen molar-refractivity contribution in [1.82, 2.24) is 30.1 Å². The number of aromatic nitrogens is 6. The van der Waals surface area contributed by atoms with Crippen LogP contribution in [0.3, 0.4) is 0 Å². The molecule has 6 aromatic rings. The smallest absolute Gasteiger partial charge is 0.176 e. The number of H-pyrrole nitrogens is 2. The second kappa shape index (κ2) is 6.57. The highest BCUT2D eigenvalue weighted by Crippen LogP contribution is 2.35. The maximum atomic E-state index is 13.6. The maximum absolute atomic E-state index is 13.6. The third-order valence-corrected chi connectivity index (χ3v) is 5.90. The zero-order chi connectivity index (χ0) is 20.1. The monoisotopic (exact) mass is 412 g/mol. The van der Waals surface area contributed by atoms with E-state index in [2.05, 4.69) is 25.1 Å². The van der Waals surface area contributed by atoms with Crippen LogP contribution in [-0.4, -0.2) is 30.1 Å². The summed E-state index contributed by atoms with van der Waals surface area (Å²) in [6, 6.07) is 14.9. The number of hydrogen-bond donors (Lipinski definition) is 2. The van der Waals surface area contributed by atoms with Gasteiger partial charge in [-0.2, -0.15) is 9.49 Å². The van der Waals surface area contributed by atoms with Crippen molar-refractivity contribution >= 4 is 33.4 Å². The van der Waals surface area contributed by atoms with Gasteiger partial charge >= 0.3 is 0 Å². The number of thiophene rings is 1. The van der Waals surface area contributed by atoms with Crippen molar-refractivity contribution < 1.29 is 4.39 Å². The quantitative estimate of drug-likeness (QED) is 0.406. The molecule has 0 atom stereocenters. The number of nitrogens with one attached hydrogen (secondary N) is 2. The van der Waals surface area contributed by atoms with Gasteiger partial charge in [0.15, 0.2) is 5.13 Å². The molecule has 0 aromatic carbocycles. The van der Waals surface area contributed by atoms with Crippen LogP contribution < -0.4 is 0 Å². The molecule has 0 fully saturated rings. The molecule has 0 aliphatic heterocycles. The Kier molecular flexibility index (Phi) is 3.72. The number of pyridine rings is 3. The number of hydrogen-bond acceptors (Lipinski definition) is 5. The lowest BCUT2D eigenvalue weighted by Gasteiger charge is -2.00. The van der Waals surface area contributed by atoms with Crippen molar-refractivity contribution in [2.24, 2.45) is 0 Å². The van der Waals surface area contributed by atoms with E-state index in [4.69, 9.17) is 4.98 Å². The zero-order valence-corrected chi connectivity index (χ0v) is 16.2. The highest BCUT2D eigenvalue weighted by atomic mass is 32.1. The van der Waals surface area contributed by atoms with Gasteiger partial charge in [0.05, 0.1) is 16.9 Å². The van der Waals surface area contributed by atoms with Gasteiger partial charge in [0.1, 0.15) is 16.9 Å². The summed E-state index contributed by atoms with van der Waals surface area (Å²) in [6.45, 7) is 0.